The monoisotopic (exact) mass is 250 g/mol. The number of hydrogen-bond acceptors (Lipinski definition) is 1. The molecule has 0 atom stereocenters. The number of hydrogen-bond donors (Lipinski definition) is 0. The molecule has 92 valence electrons. The lowest BCUT2D eigenvalue weighted by Gasteiger charge is -2.12. The summed E-state index contributed by atoms with van der Waals surface area (Å²) < 4.78 is 0. The van der Waals surface area contributed by atoms with Gasteiger partial charge in [0.25, 0.3) is 0 Å². The second-order valence-electron chi connectivity index (χ2n) is 5.00. The summed E-state index contributed by atoms with van der Waals surface area (Å²) in [6.07, 6.45) is 8.36. The number of benzene rings is 1. The zero-order valence-electron chi connectivity index (χ0n) is 10.1. The quantitative estimate of drug-likeness (QED) is 0.552. The number of halogens is 1. The zero-order chi connectivity index (χ0) is 12.1. The van der Waals surface area contributed by atoms with Crippen LogP contribution in [0.15, 0.2) is 24.3 Å². The van der Waals surface area contributed by atoms with Crippen molar-refractivity contribution in [2.75, 3.05) is 0 Å². The van der Waals surface area contributed by atoms with E-state index in [1.54, 1.807) is 6.07 Å². The Hall–Kier alpha value is -0.820. The molecule has 0 radical (unpaired) electrons. The number of ketones is 1. The summed E-state index contributed by atoms with van der Waals surface area (Å²) in [6, 6.07) is 7.30. The van der Waals surface area contributed by atoms with Gasteiger partial charge in [0.05, 0.1) is 0 Å². The van der Waals surface area contributed by atoms with Crippen LogP contribution in [-0.2, 0) is 0 Å². The van der Waals surface area contributed by atoms with Gasteiger partial charge in [0, 0.05) is 17.0 Å². The van der Waals surface area contributed by atoms with Gasteiger partial charge in [0.1, 0.15) is 0 Å². The summed E-state index contributed by atoms with van der Waals surface area (Å²) in [5.41, 5.74) is 0.766. The van der Waals surface area contributed by atoms with E-state index in [9.17, 15) is 4.79 Å². The molecule has 2 rings (SSSR count). The molecular formula is C15H19ClO. The van der Waals surface area contributed by atoms with Gasteiger partial charge in [-0.15, -0.1) is 0 Å². The molecule has 1 nitrogen and oxygen atoms in total. The molecule has 17 heavy (non-hydrogen) atoms. The molecule has 0 amide bonds. The molecule has 0 saturated heterocycles. The molecule has 0 aromatic heterocycles. The molecule has 0 spiro atoms. The summed E-state index contributed by atoms with van der Waals surface area (Å²) >= 11 is 5.91. The fourth-order valence-corrected chi connectivity index (χ4v) is 2.80. The van der Waals surface area contributed by atoms with Crippen molar-refractivity contribution in [3.8, 4) is 0 Å². The molecule has 0 bridgehead atoms. The van der Waals surface area contributed by atoms with Gasteiger partial charge in [0.2, 0.25) is 0 Å². The number of carbonyl (C=O) groups excluding carboxylic acids is 1. The highest BCUT2D eigenvalue weighted by atomic mass is 35.5. The van der Waals surface area contributed by atoms with Crippen LogP contribution < -0.4 is 0 Å². The van der Waals surface area contributed by atoms with Crippen LogP contribution in [0.5, 0.6) is 0 Å². The highest BCUT2D eigenvalue weighted by Gasteiger charge is 2.17. The van der Waals surface area contributed by atoms with E-state index in [0.29, 0.717) is 17.4 Å². The van der Waals surface area contributed by atoms with Crippen LogP contribution in [-0.4, -0.2) is 5.78 Å². The molecule has 1 aliphatic rings. The third-order valence-corrected chi connectivity index (χ3v) is 3.83. The summed E-state index contributed by atoms with van der Waals surface area (Å²) in [4.78, 5) is 12.1. The van der Waals surface area contributed by atoms with Gasteiger partial charge in [-0.25, -0.2) is 0 Å². The van der Waals surface area contributed by atoms with Crippen molar-refractivity contribution in [3.05, 3.63) is 34.9 Å². The van der Waals surface area contributed by atoms with Gasteiger partial charge in [-0.2, -0.15) is 0 Å². The van der Waals surface area contributed by atoms with Crippen molar-refractivity contribution in [2.24, 2.45) is 5.92 Å². The smallest absolute Gasteiger partial charge is 0.163 e. The maximum absolute atomic E-state index is 12.1. The minimum atomic E-state index is 0.249. The predicted octanol–water partition coefficient (Wildman–Crippen LogP) is 4.88. The Morgan fingerprint density at radius 3 is 2.53 bits per heavy atom. The molecule has 1 aliphatic carbocycles. The van der Waals surface area contributed by atoms with Crippen LogP contribution in [0, 0.1) is 5.92 Å². The Morgan fingerprint density at radius 1 is 1.18 bits per heavy atom. The first kappa shape index (κ1) is 12.6. The summed E-state index contributed by atoms with van der Waals surface area (Å²) in [5, 5.41) is 0.650. The van der Waals surface area contributed by atoms with E-state index in [1.165, 1.54) is 38.5 Å². The molecular weight excluding hydrogens is 232 g/mol. The van der Waals surface area contributed by atoms with Crippen LogP contribution in [0.4, 0.5) is 0 Å². The van der Waals surface area contributed by atoms with Crippen molar-refractivity contribution in [3.63, 3.8) is 0 Å². The SMILES string of the molecule is O=C(CC1CCCCCC1)c1cccc(Cl)c1. The van der Waals surface area contributed by atoms with Gasteiger partial charge in [-0.1, -0.05) is 62.3 Å². The zero-order valence-corrected chi connectivity index (χ0v) is 10.9. The second-order valence-corrected chi connectivity index (χ2v) is 5.43. The molecule has 2 heteroatoms. The fraction of sp³-hybridized carbons (Fsp3) is 0.533. The average Bonchev–Trinajstić information content (AvgIpc) is 2.57. The molecule has 1 fully saturated rings. The van der Waals surface area contributed by atoms with Crippen LogP contribution in [0.1, 0.15) is 55.3 Å². The molecule has 1 aromatic carbocycles. The van der Waals surface area contributed by atoms with Gasteiger partial charge >= 0.3 is 0 Å². The Morgan fingerprint density at radius 2 is 1.88 bits per heavy atom. The summed E-state index contributed by atoms with van der Waals surface area (Å²) in [7, 11) is 0. The van der Waals surface area contributed by atoms with E-state index in [-0.39, 0.29) is 5.78 Å². The number of Topliss-reactive ketones (excluding diaryl/α,β-unsaturated/α-hetero) is 1. The van der Waals surface area contributed by atoms with E-state index in [2.05, 4.69) is 0 Å². The summed E-state index contributed by atoms with van der Waals surface area (Å²) in [6.45, 7) is 0. The fourth-order valence-electron chi connectivity index (χ4n) is 2.61. The highest BCUT2D eigenvalue weighted by Crippen LogP contribution is 2.27. The maximum Gasteiger partial charge on any atom is 0.163 e. The lowest BCUT2D eigenvalue weighted by molar-refractivity contribution is 0.0957. The molecule has 1 aromatic rings. The van der Waals surface area contributed by atoms with Crippen molar-refractivity contribution in [1.29, 1.82) is 0 Å². The Kier molecular flexibility index (Phi) is 4.61. The summed E-state index contributed by atoms with van der Waals surface area (Å²) in [5.74, 6) is 0.836. The molecule has 0 unspecified atom stereocenters. The number of carbonyl (C=O) groups is 1. The minimum Gasteiger partial charge on any atom is -0.294 e. The lowest BCUT2D eigenvalue weighted by atomic mass is 9.92. The third kappa shape index (κ3) is 3.85. The predicted molar refractivity (Wildman–Crippen MR) is 71.6 cm³/mol. The van der Waals surface area contributed by atoms with Gasteiger partial charge < -0.3 is 0 Å². The topological polar surface area (TPSA) is 17.1 Å². The van der Waals surface area contributed by atoms with Gasteiger partial charge in [0.15, 0.2) is 5.78 Å². The Labute approximate surface area is 108 Å². The molecule has 0 heterocycles. The van der Waals surface area contributed by atoms with Crippen molar-refractivity contribution < 1.29 is 4.79 Å². The third-order valence-electron chi connectivity index (χ3n) is 3.60. The first-order valence-corrected chi connectivity index (χ1v) is 6.92. The second kappa shape index (κ2) is 6.20. The lowest BCUT2D eigenvalue weighted by Crippen LogP contribution is -2.08. The van der Waals surface area contributed by atoms with E-state index in [1.807, 2.05) is 18.2 Å². The molecule has 0 N–H and O–H groups in total. The normalized spacial score (nSPS) is 17.7. The number of rotatable bonds is 3. The van der Waals surface area contributed by atoms with Gasteiger partial charge in [-0.3, -0.25) is 4.79 Å². The van der Waals surface area contributed by atoms with Crippen molar-refractivity contribution in [2.45, 2.75) is 44.9 Å². The van der Waals surface area contributed by atoms with Crippen LogP contribution in [0.3, 0.4) is 0 Å². The van der Waals surface area contributed by atoms with Crippen LogP contribution >= 0.6 is 11.6 Å². The Balaban J connectivity index is 1.96. The Bertz CT molecular complexity index is 378. The maximum atomic E-state index is 12.1. The average molecular weight is 251 g/mol. The van der Waals surface area contributed by atoms with E-state index in [0.717, 1.165) is 5.56 Å². The largest absolute Gasteiger partial charge is 0.294 e. The molecule has 0 aliphatic heterocycles. The van der Waals surface area contributed by atoms with E-state index < -0.39 is 0 Å². The van der Waals surface area contributed by atoms with Gasteiger partial charge in [-0.05, 0) is 18.1 Å². The standard InChI is InChI=1S/C15H19ClO/c16-14-9-5-8-13(11-14)15(17)10-12-6-3-1-2-4-7-12/h5,8-9,11-12H,1-4,6-7,10H2. The van der Waals surface area contributed by atoms with E-state index >= 15 is 0 Å². The highest BCUT2D eigenvalue weighted by molar-refractivity contribution is 6.31. The first-order chi connectivity index (χ1) is 8.25. The van der Waals surface area contributed by atoms with E-state index in [4.69, 9.17) is 11.6 Å². The van der Waals surface area contributed by atoms with Crippen LogP contribution in [0.25, 0.3) is 0 Å². The first-order valence-electron chi connectivity index (χ1n) is 6.54. The van der Waals surface area contributed by atoms with Crippen molar-refractivity contribution in [1.82, 2.24) is 0 Å². The van der Waals surface area contributed by atoms with Crippen molar-refractivity contribution >= 4 is 17.4 Å². The van der Waals surface area contributed by atoms with Crippen LogP contribution in [0.2, 0.25) is 5.02 Å². The molecule has 1 saturated carbocycles. The minimum absolute atomic E-state index is 0.249.